The first kappa shape index (κ1) is 16.3. The molecule has 20 heavy (non-hydrogen) atoms. The summed E-state index contributed by atoms with van der Waals surface area (Å²) in [4.78, 5) is 6.50. The molecule has 0 aliphatic rings. The summed E-state index contributed by atoms with van der Waals surface area (Å²) in [5.74, 6) is 1.33. The Morgan fingerprint density at radius 1 is 1.65 bits per heavy atom. The number of nitrogens with one attached hydrogen (secondary N) is 1. The van der Waals surface area contributed by atoms with E-state index in [1.54, 1.807) is 18.4 Å². The van der Waals surface area contributed by atoms with Gasteiger partial charge in [0.05, 0.1) is 12.8 Å². The average molecular weight is 279 g/mol. The molecule has 0 bridgehead atoms. The largest absolute Gasteiger partial charge is 0.467 e. The quantitative estimate of drug-likeness (QED) is 0.331. The maximum absolute atomic E-state index is 9.96. The molecule has 0 aliphatic carbocycles. The molecule has 0 amide bonds. The third-order valence-corrected chi connectivity index (χ3v) is 2.88. The van der Waals surface area contributed by atoms with Gasteiger partial charge in [0, 0.05) is 20.1 Å². The Kier molecular flexibility index (Phi) is 7.50. The molecule has 0 radical (unpaired) electrons. The van der Waals surface area contributed by atoms with E-state index >= 15 is 0 Å². The number of aliphatic imine (C=N–C) groups is 1. The lowest BCUT2D eigenvalue weighted by atomic mass is 10.3. The van der Waals surface area contributed by atoms with Gasteiger partial charge in [0.1, 0.15) is 11.9 Å². The van der Waals surface area contributed by atoms with E-state index in [0.29, 0.717) is 5.76 Å². The number of hydrogen-bond acceptors (Lipinski definition) is 3. The number of guanidine groups is 1. The van der Waals surface area contributed by atoms with Crippen LogP contribution in [0.4, 0.5) is 0 Å². The van der Waals surface area contributed by atoms with E-state index in [9.17, 15) is 5.11 Å². The Labute approximate surface area is 121 Å². The number of nitrogens with zero attached hydrogens (tertiary/aromatic N) is 2. The first-order chi connectivity index (χ1) is 9.69. The molecule has 112 valence electrons. The van der Waals surface area contributed by atoms with Crippen molar-refractivity contribution in [2.24, 2.45) is 4.99 Å². The number of hydrogen-bond donors (Lipinski definition) is 2. The Hall–Kier alpha value is -1.75. The normalized spacial score (nSPS) is 13.1. The summed E-state index contributed by atoms with van der Waals surface area (Å²) in [5.41, 5.74) is 0. The molecule has 0 aliphatic heterocycles. The molecular weight excluding hydrogens is 254 g/mol. The molecule has 0 saturated carbocycles. The molecule has 1 atom stereocenters. The summed E-state index contributed by atoms with van der Waals surface area (Å²) in [5, 5.41) is 13.2. The van der Waals surface area contributed by atoms with Gasteiger partial charge in [-0.3, -0.25) is 0 Å². The zero-order valence-electron chi connectivity index (χ0n) is 12.4. The average Bonchev–Trinajstić information content (AvgIpc) is 2.97. The highest BCUT2D eigenvalue weighted by atomic mass is 16.4. The number of unbranched alkanes of at least 4 members (excludes halogenated alkanes) is 1. The number of furan rings is 1. The molecule has 0 aromatic carbocycles. The van der Waals surface area contributed by atoms with Gasteiger partial charge in [-0.05, 0) is 31.9 Å². The van der Waals surface area contributed by atoms with Crippen LogP contribution in [-0.4, -0.2) is 42.6 Å². The van der Waals surface area contributed by atoms with Crippen molar-refractivity contribution in [3.63, 3.8) is 0 Å². The van der Waals surface area contributed by atoms with Crippen LogP contribution in [0.2, 0.25) is 0 Å². The fourth-order valence-corrected chi connectivity index (χ4v) is 1.79. The minimum absolute atomic E-state index is 0.279. The van der Waals surface area contributed by atoms with Gasteiger partial charge in [0.25, 0.3) is 0 Å². The Balaban J connectivity index is 2.54. The van der Waals surface area contributed by atoms with E-state index in [1.807, 2.05) is 20.0 Å². The fraction of sp³-hybridized carbons (Fsp3) is 0.533. The standard InChI is InChI=1S/C15H25N3O2/c1-4-6-7-10-18(3)15(16-5-2)17-12-13(19)14-9-8-11-20-14/h4,8-9,11,13,19H,1,5-7,10,12H2,2-3H3,(H,16,17). The van der Waals surface area contributed by atoms with Crippen molar-refractivity contribution >= 4 is 5.96 Å². The van der Waals surface area contributed by atoms with Crippen molar-refractivity contribution in [1.82, 2.24) is 10.2 Å². The molecular formula is C15H25N3O2. The summed E-state index contributed by atoms with van der Waals surface area (Å²) < 4.78 is 5.16. The molecule has 1 unspecified atom stereocenters. The Morgan fingerprint density at radius 3 is 3.05 bits per heavy atom. The summed E-state index contributed by atoms with van der Waals surface area (Å²) >= 11 is 0. The monoisotopic (exact) mass is 279 g/mol. The summed E-state index contributed by atoms with van der Waals surface area (Å²) in [7, 11) is 1.99. The molecule has 0 spiro atoms. The van der Waals surface area contributed by atoms with E-state index in [0.717, 1.165) is 31.9 Å². The van der Waals surface area contributed by atoms with Gasteiger partial charge in [-0.1, -0.05) is 6.08 Å². The lowest BCUT2D eigenvalue weighted by Crippen LogP contribution is -2.39. The van der Waals surface area contributed by atoms with Crippen molar-refractivity contribution in [2.75, 3.05) is 26.7 Å². The smallest absolute Gasteiger partial charge is 0.193 e. The van der Waals surface area contributed by atoms with Gasteiger partial charge in [-0.2, -0.15) is 0 Å². The van der Waals surface area contributed by atoms with Crippen LogP contribution in [0.1, 0.15) is 31.6 Å². The second kappa shape index (κ2) is 9.20. The van der Waals surface area contributed by atoms with Crippen LogP contribution >= 0.6 is 0 Å². The van der Waals surface area contributed by atoms with Crippen molar-refractivity contribution in [3.05, 3.63) is 36.8 Å². The fourth-order valence-electron chi connectivity index (χ4n) is 1.79. The zero-order chi connectivity index (χ0) is 14.8. The number of aliphatic hydroxyl groups excluding tert-OH is 1. The van der Waals surface area contributed by atoms with Crippen LogP contribution in [0.3, 0.4) is 0 Å². The Bertz CT molecular complexity index is 401. The minimum atomic E-state index is -0.708. The van der Waals surface area contributed by atoms with E-state index in [4.69, 9.17) is 4.42 Å². The summed E-state index contributed by atoms with van der Waals surface area (Å²) in [6.07, 6.45) is 4.78. The maximum atomic E-state index is 9.96. The predicted octanol–water partition coefficient (Wildman–Crippen LogP) is 2.18. The van der Waals surface area contributed by atoms with Gasteiger partial charge in [-0.15, -0.1) is 6.58 Å². The van der Waals surface area contributed by atoms with E-state index in [2.05, 4.69) is 21.8 Å². The molecule has 0 fully saturated rings. The third kappa shape index (κ3) is 5.48. The van der Waals surface area contributed by atoms with Crippen LogP contribution < -0.4 is 5.32 Å². The van der Waals surface area contributed by atoms with E-state index < -0.39 is 6.10 Å². The highest BCUT2D eigenvalue weighted by Gasteiger charge is 2.11. The van der Waals surface area contributed by atoms with Gasteiger partial charge in [-0.25, -0.2) is 4.99 Å². The van der Waals surface area contributed by atoms with Crippen LogP contribution in [0.15, 0.2) is 40.5 Å². The van der Waals surface area contributed by atoms with Gasteiger partial charge in [0.15, 0.2) is 5.96 Å². The molecule has 1 aromatic rings. The molecule has 2 N–H and O–H groups in total. The summed E-state index contributed by atoms with van der Waals surface area (Å²) in [6, 6.07) is 3.51. The predicted molar refractivity (Wildman–Crippen MR) is 81.7 cm³/mol. The zero-order valence-corrected chi connectivity index (χ0v) is 12.4. The molecule has 0 saturated heterocycles. The second-order valence-electron chi connectivity index (χ2n) is 4.58. The molecule has 5 nitrogen and oxygen atoms in total. The van der Waals surface area contributed by atoms with Gasteiger partial charge >= 0.3 is 0 Å². The highest BCUT2D eigenvalue weighted by molar-refractivity contribution is 5.79. The van der Waals surface area contributed by atoms with Crippen molar-refractivity contribution < 1.29 is 9.52 Å². The van der Waals surface area contributed by atoms with E-state index in [-0.39, 0.29) is 6.54 Å². The molecule has 5 heteroatoms. The van der Waals surface area contributed by atoms with Crippen LogP contribution in [-0.2, 0) is 0 Å². The van der Waals surface area contributed by atoms with E-state index in [1.165, 1.54) is 0 Å². The second-order valence-corrected chi connectivity index (χ2v) is 4.58. The Morgan fingerprint density at radius 2 is 2.45 bits per heavy atom. The van der Waals surface area contributed by atoms with Crippen LogP contribution in [0.25, 0.3) is 0 Å². The van der Waals surface area contributed by atoms with Gasteiger partial charge < -0.3 is 19.7 Å². The third-order valence-electron chi connectivity index (χ3n) is 2.88. The SMILES string of the molecule is C=CCCCN(C)C(=NCC(O)c1ccco1)NCC. The highest BCUT2D eigenvalue weighted by Crippen LogP contribution is 2.13. The van der Waals surface area contributed by atoms with Crippen molar-refractivity contribution in [1.29, 1.82) is 0 Å². The lowest BCUT2D eigenvalue weighted by molar-refractivity contribution is 0.158. The molecule has 1 heterocycles. The van der Waals surface area contributed by atoms with Crippen LogP contribution in [0.5, 0.6) is 0 Å². The number of aliphatic hydroxyl groups is 1. The van der Waals surface area contributed by atoms with Crippen molar-refractivity contribution in [2.45, 2.75) is 25.9 Å². The first-order valence-corrected chi connectivity index (χ1v) is 7.00. The summed E-state index contributed by atoms with van der Waals surface area (Å²) in [6.45, 7) is 7.71. The maximum Gasteiger partial charge on any atom is 0.193 e. The minimum Gasteiger partial charge on any atom is -0.467 e. The van der Waals surface area contributed by atoms with Gasteiger partial charge in [0.2, 0.25) is 0 Å². The lowest BCUT2D eigenvalue weighted by Gasteiger charge is -2.22. The molecule has 1 rings (SSSR count). The number of rotatable bonds is 8. The first-order valence-electron chi connectivity index (χ1n) is 7.00. The topological polar surface area (TPSA) is 61.0 Å². The van der Waals surface area contributed by atoms with Crippen molar-refractivity contribution in [3.8, 4) is 0 Å². The number of allylic oxidation sites excluding steroid dienone is 1. The molecule has 1 aromatic heterocycles. The van der Waals surface area contributed by atoms with Crippen LogP contribution in [0, 0.1) is 0 Å².